The Morgan fingerprint density at radius 1 is 1.42 bits per heavy atom. The highest BCUT2D eigenvalue weighted by Crippen LogP contribution is 2.30. The third-order valence-electron chi connectivity index (χ3n) is 1.17. The van der Waals surface area contributed by atoms with E-state index >= 15 is 0 Å². The molecule has 1 N–H and O–H groups in total. The molecule has 0 atom stereocenters. The molecule has 66 valence electrons. The first-order valence-electron chi connectivity index (χ1n) is 2.91. The molecule has 0 saturated heterocycles. The molecule has 0 aliphatic heterocycles. The lowest BCUT2D eigenvalue weighted by Gasteiger charge is -2.08. The van der Waals surface area contributed by atoms with E-state index in [9.17, 15) is 13.2 Å². The highest BCUT2D eigenvalue weighted by Gasteiger charge is 2.30. The zero-order chi connectivity index (χ0) is 9.19. The quantitative estimate of drug-likeness (QED) is 0.642. The standard InChI is InChI=1S/C6H4F3N2S/c7-6(8,9)4-1-2-11-5(3-4)12-10/h1-3,10H/q-1. The van der Waals surface area contributed by atoms with E-state index in [0.717, 1.165) is 18.3 Å². The monoisotopic (exact) mass is 193 g/mol. The van der Waals surface area contributed by atoms with Gasteiger partial charge < -0.3 is 5.14 Å². The first kappa shape index (κ1) is 9.34. The van der Waals surface area contributed by atoms with Crippen molar-refractivity contribution in [3.63, 3.8) is 0 Å². The summed E-state index contributed by atoms with van der Waals surface area (Å²) in [5.74, 6) is 0. The first-order chi connectivity index (χ1) is 5.54. The fourth-order valence-corrected chi connectivity index (χ4v) is 0.941. The summed E-state index contributed by atoms with van der Waals surface area (Å²) in [5, 5.41) is 6.78. The lowest BCUT2D eigenvalue weighted by atomic mass is 10.3. The van der Waals surface area contributed by atoms with Gasteiger partial charge in [0.05, 0.1) is 10.6 Å². The first-order valence-corrected chi connectivity index (χ1v) is 3.72. The summed E-state index contributed by atoms with van der Waals surface area (Å²) in [5.41, 5.74) is -0.771. The van der Waals surface area contributed by atoms with Gasteiger partial charge in [0.15, 0.2) is 0 Å². The van der Waals surface area contributed by atoms with E-state index < -0.39 is 11.7 Å². The highest BCUT2D eigenvalue weighted by molar-refractivity contribution is 8.00. The second-order valence-electron chi connectivity index (χ2n) is 1.98. The summed E-state index contributed by atoms with van der Waals surface area (Å²) >= 11 is 0.438. The van der Waals surface area contributed by atoms with Gasteiger partial charge in [-0.25, -0.2) is 11.9 Å². The number of rotatable bonds is 1. The number of hydrogen-bond donors (Lipinski definition) is 0. The number of nitrogens with one attached hydrogen (secondary N) is 1. The van der Waals surface area contributed by atoms with E-state index in [2.05, 4.69) is 4.98 Å². The van der Waals surface area contributed by atoms with Crippen LogP contribution in [-0.2, 0) is 6.18 Å². The molecular formula is C6H4F3N2S-. The molecule has 1 aromatic rings. The minimum Gasteiger partial charge on any atom is -0.616 e. The van der Waals surface area contributed by atoms with E-state index in [1.807, 2.05) is 0 Å². The molecule has 0 unspecified atom stereocenters. The van der Waals surface area contributed by atoms with Gasteiger partial charge >= 0.3 is 6.18 Å². The molecule has 6 heteroatoms. The van der Waals surface area contributed by atoms with Crippen LogP contribution < -0.4 is 0 Å². The molecule has 0 aromatic carbocycles. The average Bonchev–Trinajstić information content (AvgIpc) is 2.03. The summed E-state index contributed by atoms with van der Waals surface area (Å²) in [6, 6.07) is 1.72. The van der Waals surface area contributed by atoms with Crippen LogP contribution in [0.3, 0.4) is 0 Å². The molecule has 0 aliphatic carbocycles. The van der Waals surface area contributed by atoms with Crippen molar-refractivity contribution < 1.29 is 13.2 Å². The molecule has 0 radical (unpaired) electrons. The van der Waals surface area contributed by atoms with Crippen molar-refractivity contribution in [2.24, 2.45) is 0 Å². The molecule has 2 nitrogen and oxygen atoms in total. The Hall–Kier alpha value is -0.750. The van der Waals surface area contributed by atoms with Crippen LogP contribution in [0.25, 0.3) is 5.14 Å². The van der Waals surface area contributed by atoms with Gasteiger partial charge in [-0.2, -0.15) is 13.2 Å². The van der Waals surface area contributed by atoms with Crippen LogP contribution in [-0.4, -0.2) is 4.98 Å². The Morgan fingerprint density at radius 3 is 2.58 bits per heavy atom. The Labute approximate surface area is 71.1 Å². The average molecular weight is 193 g/mol. The third kappa shape index (κ3) is 2.12. The molecule has 0 aliphatic rings. The van der Waals surface area contributed by atoms with Gasteiger partial charge in [-0.05, 0) is 12.1 Å². The summed E-state index contributed by atoms with van der Waals surface area (Å²) in [6.45, 7) is 0. The third-order valence-corrected chi connectivity index (χ3v) is 1.60. The molecule has 12 heavy (non-hydrogen) atoms. The van der Waals surface area contributed by atoms with Gasteiger partial charge in [0.1, 0.15) is 0 Å². The van der Waals surface area contributed by atoms with E-state index in [0.29, 0.717) is 11.9 Å². The van der Waals surface area contributed by atoms with Gasteiger partial charge in [0.25, 0.3) is 0 Å². The Bertz CT molecular complexity index is 274. The molecule has 0 bridgehead atoms. The Kier molecular flexibility index (Phi) is 2.58. The largest absolute Gasteiger partial charge is 0.616 e. The second-order valence-corrected chi connectivity index (χ2v) is 2.60. The normalized spacial score (nSPS) is 11.7. The fraction of sp³-hybridized carbons (Fsp3) is 0.167. The zero-order valence-corrected chi connectivity index (χ0v) is 6.54. The van der Waals surface area contributed by atoms with E-state index in [1.165, 1.54) is 0 Å². The maximum absolute atomic E-state index is 12.0. The van der Waals surface area contributed by atoms with Crippen LogP contribution in [0.5, 0.6) is 0 Å². The number of hydrogen-bond acceptors (Lipinski definition) is 2. The number of pyridine rings is 1. The van der Waals surface area contributed by atoms with Crippen LogP contribution in [0.2, 0.25) is 0 Å². The molecule has 0 fully saturated rings. The van der Waals surface area contributed by atoms with E-state index in [4.69, 9.17) is 5.14 Å². The molecule has 1 heterocycles. The van der Waals surface area contributed by atoms with Crippen molar-refractivity contribution in [3.05, 3.63) is 29.0 Å². The molecule has 0 spiro atoms. The zero-order valence-electron chi connectivity index (χ0n) is 5.72. The van der Waals surface area contributed by atoms with Gasteiger partial charge in [0.2, 0.25) is 0 Å². The predicted molar refractivity (Wildman–Crippen MR) is 39.4 cm³/mol. The maximum Gasteiger partial charge on any atom is 0.416 e. The van der Waals surface area contributed by atoms with Crippen molar-refractivity contribution in [1.82, 2.24) is 4.98 Å². The minimum absolute atomic E-state index is 0.0461. The Morgan fingerprint density at radius 2 is 2.08 bits per heavy atom. The Balaban J connectivity index is 3.02. The van der Waals surface area contributed by atoms with Gasteiger partial charge in [-0.1, -0.05) is 0 Å². The van der Waals surface area contributed by atoms with Gasteiger partial charge in [0, 0.05) is 6.20 Å². The lowest BCUT2D eigenvalue weighted by Crippen LogP contribution is -2.04. The molecule has 0 saturated carbocycles. The molecular weight excluding hydrogens is 189 g/mol. The SMILES string of the molecule is [NH-]Sc1cc(C(F)(F)F)ccn1. The molecule has 0 amide bonds. The second kappa shape index (κ2) is 3.32. The van der Waals surface area contributed by atoms with E-state index in [1.54, 1.807) is 0 Å². The smallest absolute Gasteiger partial charge is 0.416 e. The summed E-state index contributed by atoms with van der Waals surface area (Å²) in [6.07, 6.45) is -3.31. The predicted octanol–water partition coefficient (Wildman–Crippen LogP) is 3.16. The summed E-state index contributed by atoms with van der Waals surface area (Å²) in [7, 11) is 0. The van der Waals surface area contributed by atoms with Crippen LogP contribution in [0.4, 0.5) is 13.2 Å². The van der Waals surface area contributed by atoms with Crippen molar-refractivity contribution in [3.8, 4) is 0 Å². The van der Waals surface area contributed by atoms with Gasteiger partial charge in [-0.3, -0.25) is 4.98 Å². The van der Waals surface area contributed by atoms with Crippen molar-refractivity contribution >= 4 is 11.9 Å². The molecule has 1 aromatic heterocycles. The van der Waals surface area contributed by atoms with Crippen molar-refractivity contribution in [2.45, 2.75) is 11.2 Å². The lowest BCUT2D eigenvalue weighted by molar-refractivity contribution is -0.137. The number of halogens is 3. The number of aromatic nitrogens is 1. The van der Waals surface area contributed by atoms with Crippen LogP contribution in [0.15, 0.2) is 23.4 Å². The maximum atomic E-state index is 12.0. The van der Waals surface area contributed by atoms with Crippen molar-refractivity contribution in [2.75, 3.05) is 0 Å². The summed E-state index contributed by atoms with van der Waals surface area (Å²) in [4.78, 5) is 3.55. The topological polar surface area (TPSA) is 36.7 Å². The van der Waals surface area contributed by atoms with Crippen LogP contribution in [0.1, 0.15) is 5.56 Å². The number of alkyl halides is 3. The van der Waals surface area contributed by atoms with Crippen LogP contribution >= 0.6 is 11.9 Å². The van der Waals surface area contributed by atoms with Gasteiger partial charge in [-0.15, -0.1) is 0 Å². The van der Waals surface area contributed by atoms with E-state index in [-0.39, 0.29) is 5.03 Å². The minimum atomic E-state index is -4.35. The van der Waals surface area contributed by atoms with Crippen LogP contribution in [0, 0.1) is 0 Å². The number of nitrogens with zero attached hydrogens (tertiary/aromatic N) is 1. The summed E-state index contributed by atoms with van der Waals surface area (Å²) < 4.78 is 36.0. The molecule has 1 rings (SSSR count). The fourth-order valence-electron chi connectivity index (χ4n) is 0.642. The van der Waals surface area contributed by atoms with Crippen molar-refractivity contribution in [1.29, 1.82) is 0 Å². The highest BCUT2D eigenvalue weighted by atomic mass is 32.2.